The summed E-state index contributed by atoms with van der Waals surface area (Å²) in [6.07, 6.45) is 3.68. The summed E-state index contributed by atoms with van der Waals surface area (Å²) in [5, 5.41) is 14.5. The maximum atomic E-state index is 9.80. The quantitative estimate of drug-likeness (QED) is 0.197. The summed E-state index contributed by atoms with van der Waals surface area (Å²) in [5.41, 5.74) is 7.64. The molecule has 1 aliphatic rings. The van der Waals surface area contributed by atoms with Crippen LogP contribution in [0.25, 0.3) is 33.7 Å². The van der Waals surface area contributed by atoms with Gasteiger partial charge in [-0.05, 0) is 40.9 Å². The van der Waals surface area contributed by atoms with Crippen LogP contribution in [0.3, 0.4) is 0 Å². The minimum absolute atomic E-state index is 0. The van der Waals surface area contributed by atoms with Crippen molar-refractivity contribution in [1.82, 2.24) is 24.3 Å². The van der Waals surface area contributed by atoms with Crippen LogP contribution < -0.4 is 0 Å². The summed E-state index contributed by atoms with van der Waals surface area (Å²) in [4.78, 5) is 8.26. The van der Waals surface area contributed by atoms with E-state index in [0.717, 1.165) is 16.7 Å². The molecule has 3 aromatic carbocycles. The molecule has 1 N–H and O–H groups in total. The Morgan fingerprint density at radius 3 is 2.27 bits per heavy atom. The monoisotopic (exact) mass is 705 g/mol. The summed E-state index contributed by atoms with van der Waals surface area (Å²) in [6.45, 7) is 9.29. The first-order valence-corrected chi connectivity index (χ1v) is 13.0. The van der Waals surface area contributed by atoms with Gasteiger partial charge in [0.15, 0.2) is 0 Å². The Hall–Kier alpha value is -4.06. The van der Waals surface area contributed by atoms with Gasteiger partial charge in [-0.3, -0.25) is 4.68 Å². The van der Waals surface area contributed by atoms with Gasteiger partial charge in [-0.1, -0.05) is 76.2 Å². The van der Waals surface area contributed by atoms with E-state index in [2.05, 4.69) is 90.9 Å². The van der Waals surface area contributed by atoms with Crippen LogP contribution in [-0.4, -0.2) is 29.4 Å². The smallest absolute Gasteiger partial charge is 0.300 e. The number of pyridine rings is 1. The van der Waals surface area contributed by atoms with Gasteiger partial charge in [-0.25, -0.2) is 9.55 Å². The van der Waals surface area contributed by atoms with Gasteiger partial charge in [0.25, 0.3) is 0 Å². The number of imidazole rings is 1. The maximum Gasteiger partial charge on any atom is 0.300 e. The Kier molecular flexibility index (Phi) is 7.21. The standard InChI is InChI=1S/C21H21N2.C12H9N3O.Ir/c1-20(2)17-12-8-9-13-18(17)23-19(21(20,3)4)16(14-22-23)15-10-6-5-7-11-15;16-12-14-9-5-1-2-6-10(9)15(12)11-7-3-4-8-13-11;/h5-12,14H,1-4H3;1-8H,(H,14,16);/q-1;;. The normalized spacial score (nSPS) is 14.3. The average molecular weight is 705 g/mol. The summed E-state index contributed by atoms with van der Waals surface area (Å²) in [5.74, 6) is 0.661. The number of aromatic hydroxyl groups is 1. The van der Waals surface area contributed by atoms with Gasteiger partial charge >= 0.3 is 6.01 Å². The van der Waals surface area contributed by atoms with E-state index in [0.29, 0.717) is 5.82 Å². The Balaban J connectivity index is 0.000000167. The largest absolute Gasteiger partial charge is 0.480 e. The molecular formula is C33H30IrN5O-. The number of aromatic nitrogens is 5. The van der Waals surface area contributed by atoms with E-state index in [1.807, 2.05) is 54.7 Å². The Morgan fingerprint density at radius 1 is 0.800 bits per heavy atom. The second-order valence-corrected chi connectivity index (χ2v) is 10.8. The van der Waals surface area contributed by atoms with Crippen molar-refractivity contribution in [3.63, 3.8) is 0 Å². The van der Waals surface area contributed by atoms with Crippen LogP contribution in [0.1, 0.15) is 39.0 Å². The molecule has 203 valence electrons. The predicted molar refractivity (Wildman–Crippen MR) is 154 cm³/mol. The maximum absolute atomic E-state index is 9.80. The first-order valence-electron chi connectivity index (χ1n) is 13.0. The molecule has 3 aromatic heterocycles. The first-order chi connectivity index (χ1) is 18.8. The summed E-state index contributed by atoms with van der Waals surface area (Å²) in [6, 6.07) is 33.2. The van der Waals surface area contributed by atoms with Crippen molar-refractivity contribution in [2.75, 3.05) is 0 Å². The summed E-state index contributed by atoms with van der Waals surface area (Å²) in [7, 11) is 0. The van der Waals surface area contributed by atoms with E-state index in [-0.39, 0.29) is 36.9 Å². The van der Waals surface area contributed by atoms with Crippen molar-refractivity contribution < 1.29 is 25.2 Å². The van der Waals surface area contributed by atoms with Gasteiger partial charge in [0.05, 0.1) is 22.9 Å². The van der Waals surface area contributed by atoms with Crippen molar-refractivity contribution in [1.29, 1.82) is 0 Å². The second kappa shape index (κ2) is 10.5. The molecule has 0 bridgehead atoms. The van der Waals surface area contributed by atoms with Crippen molar-refractivity contribution in [3.05, 3.63) is 121 Å². The Bertz CT molecular complexity index is 1760. The zero-order valence-corrected chi connectivity index (χ0v) is 25.2. The Labute approximate surface area is 247 Å². The molecule has 0 fully saturated rings. The topological polar surface area (TPSA) is 68.8 Å². The van der Waals surface area contributed by atoms with Crippen molar-refractivity contribution >= 4 is 11.0 Å². The third-order valence-corrected chi connectivity index (χ3v) is 8.15. The van der Waals surface area contributed by atoms with Crippen LogP contribution in [0.15, 0.2) is 103 Å². The molecule has 7 heteroatoms. The number of rotatable bonds is 2. The molecule has 0 saturated carbocycles. The molecule has 0 spiro atoms. The molecule has 0 atom stereocenters. The number of hydrogen-bond donors (Lipinski definition) is 1. The third-order valence-electron chi connectivity index (χ3n) is 8.15. The zero-order valence-electron chi connectivity index (χ0n) is 22.8. The average Bonchev–Trinajstić information content (AvgIpc) is 3.55. The van der Waals surface area contributed by atoms with Crippen LogP contribution in [0.4, 0.5) is 0 Å². The molecule has 0 saturated heterocycles. The molecule has 0 aliphatic carbocycles. The molecule has 0 amide bonds. The van der Waals surface area contributed by atoms with Gasteiger partial charge in [0.1, 0.15) is 5.82 Å². The number of nitrogens with zero attached hydrogens (tertiary/aromatic N) is 5. The fraction of sp³-hybridized carbons (Fsp3) is 0.182. The van der Waals surface area contributed by atoms with E-state index >= 15 is 0 Å². The van der Waals surface area contributed by atoms with E-state index in [1.54, 1.807) is 10.8 Å². The van der Waals surface area contributed by atoms with E-state index in [9.17, 15) is 5.11 Å². The summed E-state index contributed by atoms with van der Waals surface area (Å²) < 4.78 is 3.71. The van der Waals surface area contributed by atoms with E-state index in [1.165, 1.54) is 22.4 Å². The number of benzene rings is 3. The van der Waals surface area contributed by atoms with Crippen molar-refractivity contribution in [3.8, 4) is 28.6 Å². The van der Waals surface area contributed by atoms with Crippen LogP contribution in [0.5, 0.6) is 6.01 Å². The van der Waals surface area contributed by atoms with Gasteiger partial charge < -0.3 is 5.11 Å². The minimum atomic E-state index is -0.0448. The molecule has 0 unspecified atom stereocenters. The Morgan fingerprint density at radius 2 is 1.52 bits per heavy atom. The van der Waals surface area contributed by atoms with Crippen LogP contribution >= 0.6 is 0 Å². The number of para-hydroxylation sites is 3. The first kappa shape index (κ1) is 27.5. The van der Waals surface area contributed by atoms with Gasteiger partial charge in [-0.15, -0.1) is 5.56 Å². The van der Waals surface area contributed by atoms with Crippen LogP contribution in [-0.2, 0) is 30.9 Å². The van der Waals surface area contributed by atoms with Crippen LogP contribution in [0, 0.1) is 6.07 Å². The molecule has 4 heterocycles. The summed E-state index contributed by atoms with van der Waals surface area (Å²) >= 11 is 0. The predicted octanol–water partition coefficient (Wildman–Crippen LogP) is 7.03. The van der Waals surface area contributed by atoms with E-state index in [4.69, 9.17) is 5.10 Å². The molecule has 7 rings (SSSR count). The van der Waals surface area contributed by atoms with Gasteiger partial charge in [0.2, 0.25) is 0 Å². The fourth-order valence-corrected chi connectivity index (χ4v) is 5.41. The minimum Gasteiger partial charge on any atom is -0.480 e. The van der Waals surface area contributed by atoms with Crippen LogP contribution in [0.2, 0.25) is 0 Å². The third kappa shape index (κ3) is 4.36. The molecule has 6 aromatic rings. The SMILES string of the molecule is CC1(C)c2ccc[c-]c2-n2ncc(-c3ccccc3)c2C1(C)C.Oc1nc2ccccc2n1-c1ccccn1.[Ir]. The molecule has 40 heavy (non-hydrogen) atoms. The molecule has 6 nitrogen and oxygen atoms in total. The zero-order chi connectivity index (χ0) is 27.2. The molecule has 1 radical (unpaired) electrons. The number of fused-ring (bicyclic) bond motifs is 4. The number of hydrogen-bond acceptors (Lipinski definition) is 4. The fourth-order valence-electron chi connectivity index (χ4n) is 5.41. The van der Waals surface area contributed by atoms with E-state index < -0.39 is 0 Å². The second-order valence-electron chi connectivity index (χ2n) is 10.8. The van der Waals surface area contributed by atoms with Crippen molar-refractivity contribution in [2.24, 2.45) is 0 Å². The van der Waals surface area contributed by atoms with Crippen molar-refractivity contribution in [2.45, 2.75) is 38.5 Å². The van der Waals surface area contributed by atoms with Gasteiger partial charge in [-0.2, -0.15) is 34.3 Å². The molecular weight excluding hydrogens is 675 g/mol. The molecule has 1 aliphatic heterocycles. The van der Waals surface area contributed by atoms with Gasteiger partial charge in [0, 0.05) is 37.3 Å².